The minimum atomic E-state index is -0.975. The van der Waals surface area contributed by atoms with Crippen molar-refractivity contribution in [1.29, 1.82) is 0 Å². The number of anilines is 2. The molecule has 0 atom stereocenters. The molecule has 2 rings (SSSR count). The van der Waals surface area contributed by atoms with Crippen LogP contribution in [0.4, 0.5) is 20.2 Å². The highest BCUT2D eigenvalue weighted by Crippen LogP contribution is 2.20. The fourth-order valence-corrected chi connectivity index (χ4v) is 1.64. The summed E-state index contributed by atoms with van der Waals surface area (Å²) >= 11 is 0. The van der Waals surface area contributed by atoms with Crippen LogP contribution in [0.25, 0.3) is 0 Å². The highest BCUT2D eigenvalue weighted by atomic mass is 19.1. The molecule has 0 saturated heterocycles. The van der Waals surface area contributed by atoms with Gasteiger partial charge in [0.25, 0.3) is 5.91 Å². The van der Waals surface area contributed by atoms with E-state index in [1.54, 1.807) is 24.3 Å². The van der Waals surface area contributed by atoms with Gasteiger partial charge in [-0.3, -0.25) is 4.79 Å². The zero-order valence-corrected chi connectivity index (χ0v) is 10.6. The first-order chi connectivity index (χ1) is 9.51. The van der Waals surface area contributed by atoms with Gasteiger partial charge >= 0.3 is 0 Å². The number of benzene rings is 2. The normalized spacial score (nSPS) is 10.2. The van der Waals surface area contributed by atoms with Crippen LogP contribution in [0, 0.1) is 11.6 Å². The number of methoxy groups -OCH3 is 1. The van der Waals surface area contributed by atoms with Gasteiger partial charge < -0.3 is 15.8 Å². The number of ether oxygens (including phenoxy) is 1. The lowest BCUT2D eigenvalue weighted by Crippen LogP contribution is -2.14. The van der Waals surface area contributed by atoms with E-state index >= 15 is 0 Å². The number of nitrogen functional groups attached to an aromatic ring is 1. The van der Waals surface area contributed by atoms with E-state index in [0.717, 1.165) is 6.07 Å². The van der Waals surface area contributed by atoms with E-state index in [2.05, 4.69) is 5.32 Å². The van der Waals surface area contributed by atoms with Gasteiger partial charge in [0.1, 0.15) is 17.4 Å². The minimum absolute atomic E-state index is 0.290. The number of carbonyl (C=O) groups is 1. The van der Waals surface area contributed by atoms with Gasteiger partial charge in [-0.25, -0.2) is 8.78 Å². The number of carbonyl (C=O) groups excluding carboxylic acids is 1. The predicted octanol–water partition coefficient (Wildman–Crippen LogP) is 2.81. The Balaban J connectivity index is 2.26. The maximum absolute atomic E-state index is 13.5. The molecule has 0 aliphatic carbocycles. The molecule has 0 bridgehead atoms. The van der Waals surface area contributed by atoms with Crippen molar-refractivity contribution in [3.05, 3.63) is 53.6 Å². The molecule has 0 aromatic heterocycles. The molecule has 0 saturated carbocycles. The molecule has 0 unspecified atom stereocenters. The van der Waals surface area contributed by atoms with E-state index in [1.165, 1.54) is 7.11 Å². The summed E-state index contributed by atoms with van der Waals surface area (Å²) in [6, 6.07) is 8.10. The van der Waals surface area contributed by atoms with Crippen molar-refractivity contribution in [2.24, 2.45) is 0 Å². The summed E-state index contributed by atoms with van der Waals surface area (Å²) < 4.78 is 31.6. The van der Waals surface area contributed by atoms with Crippen LogP contribution in [0.15, 0.2) is 36.4 Å². The molecule has 0 aliphatic rings. The molecule has 20 heavy (non-hydrogen) atoms. The first-order valence-corrected chi connectivity index (χ1v) is 5.71. The molecular weight excluding hydrogens is 266 g/mol. The van der Waals surface area contributed by atoms with Gasteiger partial charge in [0, 0.05) is 17.8 Å². The second kappa shape index (κ2) is 5.56. The number of nitrogens with two attached hydrogens (primary N) is 1. The standard InChI is InChI=1S/C14H12F2N2O2/c1-20-9-4-2-3-8(5-9)18-14(19)10-6-13(17)12(16)7-11(10)15/h2-7H,17H2,1H3,(H,18,19). The Morgan fingerprint density at radius 1 is 1.20 bits per heavy atom. The van der Waals surface area contributed by atoms with Crippen molar-refractivity contribution in [2.75, 3.05) is 18.2 Å². The smallest absolute Gasteiger partial charge is 0.258 e. The lowest BCUT2D eigenvalue weighted by atomic mass is 10.1. The molecule has 0 spiro atoms. The lowest BCUT2D eigenvalue weighted by Gasteiger charge is -2.08. The quantitative estimate of drug-likeness (QED) is 0.848. The highest BCUT2D eigenvalue weighted by molar-refractivity contribution is 6.05. The van der Waals surface area contributed by atoms with Crippen LogP contribution in [-0.2, 0) is 0 Å². The van der Waals surface area contributed by atoms with E-state index in [-0.39, 0.29) is 11.3 Å². The summed E-state index contributed by atoms with van der Waals surface area (Å²) in [5, 5.41) is 2.48. The van der Waals surface area contributed by atoms with E-state index < -0.39 is 17.5 Å². The molecule has 3 N–H and O–H groups in total. The van der Waals surface area contributed by atoms with Crippen LogP contribution in [0.1, 0.15) is 10.4 Å². The third-order valence-corrected chi connectivity index (χ3v) is 2.66. The summed E-state index contributed by atoms with van der Waals surface area (Å²) in [7, 11) is 1.49. The third-order valence-electron chi connectivity index (χ3n) is 2.66. The van der Waals surface area contributed by atoms with E-state index in [4.69, 9.17) is 10.5 Å². The second-order valence-corrected chi connectivity index (χ2v) is 4.04. The van der Waals surface area contributed by atoms with Gasteiger partial charge in [-0.05, 0) is 18.2 Å². The Bertz CT molecular complexity index is 660. The van der Waals surface area contributed by atoms with Crippen LogP contribution >= 0.6 is 0 Å². The van der Waals surface area contributed by atoms with Crippen molar-refractivity contribution in [1.82, 2.24) is 0 Å². The zero-order valence-electron chi connectivity index (χ0n) is 10.6. The van der Waals surface area contributed by atoms with Gasteiger partial charge in [-0.15, -0.1) is 0 Å². The SMILES string of the molecule is COc1cccc(NC(=O)c2cc(N)c(F)cc2F)c1. The molecule has 2 aromatic rings. The molecule has 0 radical (unpaired) electrons. The molecule has 104 valence electrons. The summed E-state index contributed by atoms with van der Waals surface area (Å²) in [4.78, 5) is 11.9. The number of nitrogens with one attached hydrogen (secondary N) is 1. The monoisotopic (exact) mass is 278 g/mol. The largest absolute Gasteiger partial charge is 0.497 e. The average molecular weight is 278 g/mol. The molecule has 0 aliphatic heterocycles. The fourth-order valence-electron chi connectivity index (χ4n) is 1.64. The molecule has 0 heterocycles. The molecule has 4 nitrogen and oxygen atoms in total. The van der Waals surface area contributed by atoms with E-state index in [9.17, 15) is 13.6 Å². The summed E-state index contributed by atoms with van der Waals surface area (Å²) in [5.74, 6) is -2.05. The molecule has 2 aromatic carbocycles. The number of hydrogen-bond acceptors (Lipinski definition) is 3. The molecular formula is C14H12F2N2O2. The van der Waals surface area contributed by atoms with Crippen molar-refractivity contribution in [3.63, 3.8) is 0 Å². The Kier molecular flexibility index (Phi) is 3.84. The van der Waals surface area contributed by atoms with Crippen molar-refractivity contribution < 1.29 is 18.3 Å². The number of hydrogen-bond donors (Lipinski definition) is 2. The van der Waals surface area contributed by atoms with Crippen LogP contribution in [-0.4, -0.2) is 13.0 Å². The Labute approximate surface area is 114 Å². The highest BCUT2D eigenvalue weighted by Gasteiger charge is 2.15. The third kappa shape index (κ3) is 2.85. The molecule has 1 amide bonds. The maximum Gasteiger partial charge on any atom is 0.258 e. The second-order valence-electron chi connectivity index (χ2n) is 4.04. The lowest BCUT2D eigenvalue weighted by molar-refractivity contribution is 0.102. The zero-order chi connectivity index (χ0) is 14.7. The summed E-state index contributed by atoms with van der Waals surface area (Å²) in [6.07, 6.45) is 0. The van der Waals surface area contributed by atoms with Gasteiger partial charge in [-0.1, -0.05) is 6.07 Å². The van der Waals surface area contributed by atoms with Crippen LogP contribution in [0.2, 0.25) is 0 Å². The van der Waals surface area contributed by atoms with Gasteiger partial charge in [-0.2, -0.15) is 0 Å². The number of amides is 1. The predicted molar refractivity (Wildman–Crippen MR) is 71.7 cm³/mol. The summed E-state index contributed by atoms with van der Waals surface area (Å²) in [6.45, 7) is 0. The Morgan fingerprint density at radius 2 is 1.95 bits per heavy atom. The topological polar surface area (TPSA) is 64.3 Å². The van der Waals surface area contributed by atoms with Crippen LogP contribution in [0.3, 0.4) is 0 Å². The Morgan fingerprint density at radius 3 is 2.65 bits per heavy atom. The van der Waals surface area contributed by atoms with Crippen molar-refractivity contribution >= 4 is 17.3 Å². The van der Waals surface area contributed by atoms with E-state index in [0.29, 0.717) is 17.5 Å². The van der Waals surface area contributed by atoms with E-state index in [1.807, 2.05) is 0 Å². The first-order valence-electron chi connectivity index (χ1n) is 5.71. The van der Waals surface area contributed by atoms with Gasteiger partial charge in [0.2, 0.25) is 0 Å². The fraction of sp³-hybridized carbons (Fsp3) is 0.0714. The number of rotatable bonds is 3. The van der Waals surface area contributed by atoms with Crippen molar-refractivity contribution in [2.45, 2.75) is 0 Å². The Hall–Kier alpha value is -2.63. The average Bonchev–Trinajstić information content (AvgIpc) is 2.43. The molecule has 6 heteroatoms. The first kappa shape index (κ1) is 13.8. The van der Waals surface area contributed by atoms with Gasteiger partial charge in [0.15, 0.2) is 0 Å². The van der Waals surface area contributed by atoms with Crippen molar-refractivity contribution in [3.8, 4) is 5.75 Å². The summed E-state index contributed by atoms with van der Waals surface area (Å²) in [5.41, 5.74) is 5.14. The molecule has 0 fully saturated rings. The van der Waals surface area contributed by atoms with Crippen LogP contribution in [0.5, 0.6) is 5.75 Å². The van der Waals surface area contributed by atoms with Gasteiger partial charge in [0.05, 0.1) is 18.4 Å². The number of halogens is 2. The maximum atomic E-state index is 13.5. The minimum Gasteiger partial charge on any atom is -0.497 e. The van der Waals surface area contributed by atoms with Crippen LogP contribution < -0.4 is 15.8 Å².